The van der Waals surface area contributed by atoms with Crippen LogP contribution in [0, 0.1) is 10.1 Å². The standard InChI is InChI=1S/C18H20N4O6S/c1-3-8-13(23)21-28-16(25)18(4-2,12-9-6-5-7-10-12)15(24)20-17-19-11-14(29-17)22(26)27/h5-7,9-11H,3-4,8H2,1-2H3,(H,21,23)(H,19,20,24). The minimum atomic E-state index is -1.79. The van der Waals surface area contributed by atoms with E-state index in [2.05, 4.69) is 15.8 Å². The molecule has 2 rings (SSSR count). The highest BCUT2D eigenvalue weighted by Crippen LogP contribution is 2.33. The summed E-state index contributed by atoms with van der Waals surface area (Å²) in [6.45, 7) is 3.41. The largest absolute Gasteiger partial charge is 0.352 e. The van der Waals surface area contributed by atoms with Gasteiger partial charge in [0, 0.05) is 6.42 Å². The third kappa shape index (κ3) is 4.93. The Hall–Kier alpha value is -3.34. The van der Waals surface area contributed by atoms with Crippen molar-refractivity contribution >= 4 is 39.3 Å². The maximum Gasteiger partial charge on any atom is 0.352 e. The quantitative estimate of drug-likeness (QED) is 0.380. The number of nitrogens with zero attached hydrogens (tertiary/aromatic N) is 2. The number of benzene rings is 1. The minimum absolute atomic E-state index is 0.0127. The summed E-state index contributed by atoms with van der Waals surface area (Å²) in [5.41, 5.74) is 0.617. The monoisotopic (exact) mass is 420 g/mol. The second-order valence-corrected chi connectivity index (χ2v) is 7.01. The van der Waals surface area contributed by atoms with E-state index in [1.54, 1.807) is 44.2 Å². The van der Waals surface area contributed by atoms with Crippen molar-refractivity contribution in [2.24, 2.45) is 0 Å². The van der Waals surface area contributed by atoms with E-state index >= 15 is 0 Å². The van der Waals surface area contributed by atoms with Crippen LogP contribution in [0.1, 0.15) is 38.7 Å². The van der Waals surface area contributed by atoms with Crippen LogP contribution in [0.2, 0.25) is 0 Å². The molecule has 1 unspecified atom stereocenters. The van der Waals surface area contributed by atoms with Crippen LogP contribution in [0.4, 0.5) is 10.1 Å². The number of anilines is 1. The fraction of sp³-hybridized carbons (Fsp3) is 0.333. The Labute approximate surface area is 170 Å². The van der Waals surface area contributed by atoms with Gasteiger partial charge in [-0.25, -0.2) is 9.78 Å². The van der Waals surface area contributed by atoms with Crippen LogP contribution in [0.5, 0.6) is 0 Å². The molecule has 11 heteroatoms. The van der Waals surface area contributed by atoms with Gasteiger partial charge in [0.05, 0.1) is 4.92 Å². The van der Waals surface area contributed by atoms with Gasteiger partial charge in [0.15, 0.2) is 10.5 Å². The summed E-state index contributed by atoms with van der Waals surface area (Å²) < 4.78 is 0. The van der Waals surface area contributed by atoms with Crippen molar-refractivity contribution in [2.45, 2.75) is 38.5 Å². The molecular formula is C18H20N4O6S. The molecule has 0 bridgehead atoms. The summed E-state index contributed by atoms with van der Waals surface area (Å²) >= 11 is 0.664. The predicted molar refractivity (Wildman–Crippen MR) is 105 cm³/mol. The molecule has 2 aromatic rings. The van der Waals surface area contributed by atoms with Gasteiger partial charge in [0.2, 0.25) is 5.91 Å². The molecule has 0 fully saturated rings. The normalized spacial score (nSPS) is 12.5. The van der Waals surface area contributed by atoms with E-state index in [4.69, 9.17) is 4.84 Å². The Morgan fingerprint density at radius 2 is 1.93 bits per heavy atom. The van der Waals surface area contributed by atoms with Gasteiger partial charge in [0.1, 0.15) is 6.20 Å². The first-order valence-corrected chi connectivity index (χ1v) is 9.64. The first-order valence-electron chi connectivity index (χ1n) is 8.82. The van der Waals surface area contributed by atoms with Crippen molar-refractivity contribution in [1.82, 2.24) is 10.5 Å². The van der Waals surface area contributed by atoms with Gasteiger partial charge in [-0.2, -0.15) is 5.48 Å². The summed E-state index contributed by atoms with van der Waals surface area (Å²) in [5.74, 6) is -2.24. The Kier molecular flexibility index (Phi) is 7.37. The number of carbonyl (C=O) groups excluding carboxylic acids is 3. The molecule has 0 aliphatic carbocycles. The van der Waals surface area contributed by atoms with Crippen molar-refractivity contribution in [3.05, 3.63) is 52.2 Å². The molecule has 1 aromatic heterocycles. The zero-order valence-electron chi connectivity index (χ0n) is 15.8. The van der Waals surface area contributed by atoms with Crippen molar-refractivity contribution in [3.8, 4) is 0 Å². The van der Waals surface area contributed by atoms with Crippen LogP contribution in [0.3, 0.4) is 0 Å². The van der Waals surface area contributed by atoms with Crippen LogP contribution in [0.15, 0.2) is 36.5 Å². The van der Waals surface area contributed by atoms with E-state index in [1.165, 1.54) is 0 Å². The van der Waals surface area contributed by atoms with Gasteiger partial charge in [-0.3, -0.25) is 19.7 Å². The molecule has 1 heterocycles. The molecule has 154 valence electrons. The molecule has 1 aromatic carbocycles. The number of amides is 2. The summed E-state index contributed by atoms with van der Waals surface area (Å²) in [7, 11) is 0. The number of aromatic nitrogens is 1. The maximum absolute atomic E-state index is 13.1. The number of nitrogens with one attached hydrogen (secondary N) is 2. The lowest BCUT2D eigenvalue weighted by Crippen LogP contribution is -2.49. The van der Waals surface area contributed by atoms with E-state index in [9.17, 15) is 24.5 Å². The van der Waals surface area contributed by atoms with Gasteiger partial charge < -0.3 is 10.2 Å². The number of rotatable bonds is 8. The van der Waals surface area contributed by atoms with Crippen molar-refractivity contribution in [3.63, 3.8) is 0 Å². The van der Waals surface area contributed by atoms with Gasteiger partial charge in [-0.15, -0.1) is 0 Å². The Balaban J connectivity index is 2.34. The van der Waals surface area contributed by atoms with E-state index in [0.29, 0.717) is 23.3 Å². The number of carbonyl (C=O) groups is 3. The van der Waals surface area contributed by atoms with Gasteiger partial charge in [0.25, 0.3) is 5.91 Å². The molecule has 1 atom stereocenters. The fourth-order valence-electron chi connectivity index (χ4n) is 2.65. The SMILES string of the molecule is CCCC(=O)NOC(=O)C(CC)(C(=O)Nc1ncc([N+](=O)[O-])s1)c1ccccc1. The summed E-state index contributed by atoms with van der Waals surface area (Å²) in [6, 6.07) is 8.21. The molecule has 0 spiro atoms. The second kappa shape index (κ2) is 9.73. The zero-order valence-corrected chi connectivity index (χ0v) is 16.7. The van der Waals surface area contributed by atoms with Crippen LogP contribution >= 0.6 is 11.3 Å². The molecule has 0 aliphatic heterocycles. The van der Waals surface area contributed by atoms with Crippen LogP contribution < -0.4 is 10.8 Å². The van der Waals surface area contributed by atoms with E-state index in [-0.39, 0.29) is 23.0 Å². The molecule has 0 saturated carbocycles. The lowest BCUT2D eigenvalue weighted by atomic mass is 9.77. The lowest BCUT2D eigenvalue weighted by molar-refractivity contribution is -0.380. The molecule has 0 radical (unpaired) electrons. The summed E-state index contributed by atoms with van der Waals surface area (Å²) in [6.07, 6.45) is 1.75. The van der Waals surface area contributed by atoms with E-state index in [1.807, 2.05) is 0 Å². The first kappa shape index (κ1) is 22.0. The first-order chi connectivity index (χ1) is 13.8. The molecule has 29 heavy (non-hydrogen) atoms. The number of hydroxylamine groups is 1. The van der Waals surface area contributed by atoms with Crippen molar-refractivity contribution in [1.29, 1.82) is 0 Å². The number of thiazole rings is 1. The minimum Gasteiger partial charge on any atom is -0.339 e. The van der Waals surface area contributed by atoms with Crippen molar-refractivity contribution < 1.29 is 24.1 Å². The highest BCUT2D eigenvalue weighted by molar-refractivity contribution is 7.18. The average Bonchev–Trinajstić information content (AvgIpc) is 3.17. The number of hydrogen-bond donors (Lipinski definition) is 2. The third-order valence-electron chi connectivity index (χ3n) is 4.16. The lowest BCUT2D eigenvalue weighted by Gasteiger charge is -2.28. The van der Waals surface area contributed by atoms with Crippen molar-refractivity contribution in [2.75, 3.05) is 5.32 Å². The third-order valence-corrected chi connectivity index (χ3v) is 5.03. The maximum atomic E-state index is 13.1. The number of nitro groups is 1. The Morgan fingerprint density at radius 3 is 2.48 bits per heavy atom. The predicted octanol–water partition coefficient (Wildman–Crippen LogP) is 2.71. The van der Waals surface area contributed by atoms with Gasteiger partial charge >= 0.3 is 11.0 Å². The molecule has 2 N–H and O–H groups in total. The van der Waals surface area contributed by atoms with E-state index in [0.717, 1.165) is 6.20 Å². The highest BCUT2D eigenvalue weighted by Gasteiger charge is 2.48. The summed E-state index contributed by atoms with van der Waals surface area (Å²) in [5, 5.41) is 13.0. The summed E-state index contributed by atoms with van der Waals surface area (Å²) in [4.78, 5) is 56.7. The molecule has 0 saturated heterocycles. The fourth-order valence-corrected chi connectivity index (χ4v) is 3.28. The molecular weight excluding hydrogens is 400 g/mol. The topological polar surface area (TPSA) is 141 Å². The van der Waals surface area contributed by atoms with Crippen LogP contribution in [0.25, 0.3) is 0 Å². The van der Waals surface area contributed by atoms with Gasteiger partial charge in [-0.1, -0.05) is 44.2 Å². The highest BCUT2D eigenvalue weighted by atomic mass is 32.1. The molecule has 0 aliphatic rings. The molecule has 10 nitrogen and oxygen atoms in total. The van der Waals surface area contributed by atoms with Gasteiger partial charge in [-0.05, 0) is 29.7 Å². The zero-order chi connectivity index (χ0) is 21.4. The van der Waals surface area contributed by atoms with E-state index < -0.39 is 28.1 Å². The number of hydrogen-bond acceptors (Lipinski definition) is 8. The Bertz CT molecular complexity index is 901. The second-order valence-electron chi connectivity index (χ2n) is 6.00. The van der Waals surface area contributed by atoms with Crippen LogP contribution in [-0.2, 0) is 24.6 Å². The smallest absolute Gasteiger partial charge is 0.339 e. The van der Waals surface area contributed by atoms with Crippen LogP contribution in [-0.4, -0.2) is 27.7 Å². The average molecular weight is 420 g/mol. The molecule has 2 amide bonds. The Morgan fingerprint density at radius 1 is 1.24 bits per heavy atom.